The van der Waals surface area contributed by atoms with Crippen molar-refractivity contribution < 1.29 is 9.53 Å². The van der Waals surface area contributed by atoms with Crippen molar-refractivity contribution in [3.63, 3.8) is 0 Å². The van der Waals surface area contributed by atoms with Crippen molar-refractivity contribution in [3.05, 3.63) is 46.5 Å². The molecule has 0 aliphatic carbocycles. The lowest BCUT2D eigenvalue weighted by atomic mass is 10.2. The lowest BCUT2D eigenvalue weighted by Gasteiger charge is -2.09. The average molecular weight is 324 g/mol. The lowest BCUT2D eigenvalue weighted by Crippen LogP contribution is -2.24. The Morgan fingerprint density at radius 3 is 2.95 bits per heavy atom. The summed E-state index contributed by atoms with van der Waals surface area (Å²) in [6.45, 7) is 0.377. The van der Waals surface area contributed by atoms with Crippen molar-refractivity contribution in [2.75, 3.05) is 7.11 Å². The predicted molar refractivity (Wildman–Crippen MR) is 75.1 cm³/mol. The Labute approximate surface area is 119 Å². The van der Waals surface area contributed by atoms with Crippen LogP contribution in [0.2, 0.25) is 0 Å². The number of hydrogen-bond acceptors (Lipinski definition) is 3. The number of ether oxygens (including phenoxy) is 1. The third-order valence-electron chi connectivity index (χ3n) is 2.74. The van der Waals surface area contributed by atoms with Gasteiger partial charge >= 0.3 is 0 Å². The van der Waals surface area contributed by atoms with E-state index in [0.717, 1.165) is 10.3 Å². The standard InChI is InChI=1S/C13H14BrN3O2/c1-17-6-5-15-12(17)8-16-13(18)10-4-3-9(14)7-11(10)19-2/h3-7H,8H2,1-2H3,(H,16,18). The highest BCUT2D eigenvalue weighted by atomic mass is 79.9. The summed E-state index contributed by atoms with van der Waals surface area (Å²) in [6, 6.07) is 5.28. The number of amides is 1. The van der Waals surface area contributed by atoms with Gasteiger partial charge < -0.3 is 14.6 Å². The SMILES string of the molecule is COc1cc(Br)ccc1C(=O)NCc1nccn1C. The summed E-state index contributed by atoms with van der Waals surface area (Å²) in [5, 5.41) is 2.82. The van der Waals surface area contributed by atoms with E-state index in [-0.39, 0.29) is 5.91 Å². The molecule has 100 valence electrons. The number of nitrogens with zero attached hydrogens (tertiary/aromatic N) is 2. The number of aromatic nitrogens is 2. The zero-order valence-corrected chi connectivity index (χ0v) is 12.3. The molecule has 0 aliphatic rings. The van der Waals surface area contributed by atoms with Crippen molar-refractivity contribution in [1.82, 2.24) is 14.9 Å². The van der Waals surface area contributed by atoms with Crippen LogP contribution in [0.4, 0.5) is 0 Å². The van der Waals surface area contributed by atoms with Crippen LogP contribution in [-0.2, 0) is 13.6 Å². The Hall–Kier alpha value is -1.82. The first-order valence-corrected chi connectivity index (χ1v) is 6.49. The third kappa shape index (κ3) is 3.14. The van der Waals surface area contributed by atoms with E-state index in [1.807, 2.05) is 17.8 Å². The van der Waals surface area contributed by atoms with Crippen molar-refractivity contribution in [1.29, 1.82) is 0 Å². The highest BCUT2D eigenvalue weighted by Crippen LogP contribution is 2.23. The van der Waals surface area contributed by atoms with Gasteiger partial charge in [-0.2, -0.15) is 0 Å². The maximum absolute atomic E-state index is 12.1. The van der Waals surface area contributed by atoms with Gasteiger partial charge in [-0.15, -0.1) is 0 Å². The summed E-state index contributed by atoms with van der Waals surface area (Å²) in [5.41, 5.74) is 0.500. The van der Waals surface area contributed by atoms with Gasteiger partial charge in [0.2, 0.25) is 0 Å². The minimum absolute atomic E-state index is 0.188. The molecule has 5 nitrogen and oxygen atoms in total. The van der Waals surface area contributed by atoms with Gasteiger partial charge in [0.15, 0.2) is 0 Å². The Kier molecular flexibility index (Phi) is 4.21. The summed E-state index contributed by atoms with van der Waals surface area (Å²) in [5.74, 6) is 1.14. The van der Waals surface area contributed by atoms with Gasteiger partial charge in [-0.25, -0.2) is 4.98 Å². The maximum atomic E-state index is 12.1. The molecule has 2 aromatic rings. The van der Waals surface area contributed by atoms with E-state index >= 15 is 0 Å². The summed E-state index contributed by atoms with van der Waals surface area (Å²) < 4.78 is 7.92. The molecule has 0 bridgehead atoms. The van der Waals surface area contributed by atoms with Crippen LogP contribution in [0.15, 0.2) is 35.1 Å². The second-order valence-electron chi connectivity index (χ2n) is 3.98. The molecule has 0 unspecified atom stereocenters. The van der Waals surface area contributed by atoms with Gasteiger partial charge in [0.1, 0.15) is 11.6 Å². The number of carbonyl (C=O) groups excluding carboxylic acids is 1. The minimum atomic E-state index is -0.188. The number of rotatable bonds is 4. The van der Waals surface area contributed by atoms with Crippen LogP contribution in [0.3, 0.4) is 0 Å². The van der Waals surface area contributed by atoms with E-state index in [1.165, 1.54) is 7.11 Å². The minimum Gasteiger partial charge on any atom is -0.496 e. The zero-order chi connectivity index (χ0) is 13.8. The number of halogens is 1. The monoisotopic (exact) mass is 323 g/mol. The first kappa shape index (κ1) is 13.6. The van der Waals surface area contributed by atoms with E-state index in [1.54, 1.807) is 24.4 Å². The molecular formula is C13H14BrN3O2. The number of nitrogens with one attached hydrogen (secondary N) is 1. The predicted octanol–water partition coefficient (Wildman–Crippen LogP) is 2.12. The largest absolute Gasteiger partial charge is 0.496 e. The van der Waals surface area contributed by atoms with Gasteiger partial charge in [0.25, 0.3) is 5.91 Å². The molecule has 0 saturated heterocycles. The number of benzene rings is 1. The molecule has 19 heavy (non-hydrogen) atoms. The Bertz CT molecular complexity index is 595. The number of aryl methyl sites for hydroxylation is 1. The summed E-state index contributed by atoms with van der Waals surface area (Å²) >= 11 is 3.34. The zero-order valence-electron chi connectivity index (χ0n) is 10.7. The molecule has 1 aromatic carbocycles. The average Bonchev–Trinajstić information content (AvgIpc) is 2.81. The molecular weight excluding hydrogens is 310 g/mol. The molecule has 0 radical (unpaired) electrons. The van der Waals surface area contributed by atoms with Crippen LogP contribution in [0, 0.1) is 0 Å². The molecule has 1 N–H and O–H groups in total. The highest BCUT2D eigenvalue weighted by Gasteiger charge is 2.12. The molecule has 0 spiro atoms. The van der Waals surface area contributed by atoms with Crippen LogP contribution in [0.25, 0.3) is 0 Å². The highest BCUT2D eigenvalue weighted by molar-refractivity contribution is 9.10. The summed E-state index contributed by atoms with van der Waals surface area (Å²) in [6.07, 6.45) is 3.53. The molecule has 0 saturated carbocycles. The topological polar surface area (TPSA) is 56.1 Å². The van der Waals surface area contributed by atoms with Crippen LogP contribution in [0.5, 0.6) is 5.75 Å². The number of methoxy groups -OCH3 is 1. The number of carbonyl (C=O) groups is 1. The third-order valence-corrected chi connectivity index (χ3v) is 3.23. The van der Waals surface area contributed by atoms with Crippen molar-refractivity contribution >= 4 is 21.8 Å². The first-order chi connectivity index (χ1) is 9.11. The Balaban J connectivity index is 2.10. The molecule has 0 atom stereocenters. The van der Waals surface area contributed by atoms with Gasteiger partial charge in [-0.3, -0.25) is 4.79 Å². The second-order valence-corrected chi connectivity index (χ2v) is 4.90. The van der Waals surface area contributed by atoms with Crippen molar-refractivity contribution in [2.45, 2.75) is 6.54 Å². The van der Waals surface area contributed by atoms with Gasteiger partial charge in [-0.1, -0.05) is 15.9 Å². The molecule has 0 aliphatic heterocycles. The number of hydrogen-bond donors (Lipinski definition) is 1. The second kappa shape index (κ2) is 5.88. The van der Waals surface area contributed by atoms with E-state index in [0.29, 0.717) is 17.9 Å². The maximum Gasteiger partial charge on any atom is 0.255 e. The molecule has 1 heterocycles. The number of imidazole rings is 1. The Morgan fingerprint density at radius 2 is 2.32 bits per heavy atom. The lowest BCUT2D eigenvalue weighted by molar-refractivity contribution is 0.0946. The quantitative estimate of drug-likeness (QED) is 0.937. The van der Waals surface area contributed by atoms with Gasteiger partial charge in [0, 0.05) is 23.9 Å². The van der Waals surface area contributed by atoms with Crippen molar-refractivity contribution in [2.24, 2.45) is 7.05 Å². The fraction of sp³-hybridized carbons (Fsp3) is 0.231. The summed E-state index contributed by atoms with van der Waals surface area (Å²) in [4.78, 5) is 16.2. The fourth-order valence-electron chi connectivity index (χ4n) is 1.67. The van der Waals surface area contributed by atoms with E-state index in [2.05, 4.69) is 26.2 Å². The molecule has 6 heteroatoms. The van der Waals surface area contributed by atoms with Crippen LogP contribution < -0.4 is 10.1 Å². The molecule has 1 aromatic heterocycles. The van der Waals surface area contributed by atoms with Crippen LogP contribution in [0.1, 0.15) is 16.2 Å². The first-order valence-electron chi connectivity index (χ1n) is 5.69. The van der Waals surface area contributed by atoms with Crippen LogP contribution >= 0.6 is 15.9 Å². The molecule has 0 fully saturated rings. The normalized spacial score (nSPS) is 10.3. The van der Waals surface area contributed by atoms with Gasteiger partial charge in [-0.05, 0) is 18.2 Å². The van der Waals surface area contributed by atoms with E-state index in [4.69, 9.17) is 4.74 Å². The summed E-state index contributed by atoms with van der Waals surface area (Å²) in [7, 11) is 3.42. The smallest absolute Gasteiger partial charge is 0.255 e. The van der Waals surface area contributed by atoms with Gasteiger partial charge in [0.05, 0.1) is 19.2 Å². The Morgan fingerprint density at radius 1 is 1.53 bits per heavy atom. The molecule has 2 rings (SSSR count). The van der Waals surface area contributed by atoms with Crippen molar-refractivity contribution in [3.8, 4) is 5.75 Å². The van der Waals surface area contributed by atoms with E-state index < -0.39 is 0 Å². The molecule has 1 amide bonds. The fourth-order valence-corrected chi connectivity index (χ4v) is 2.01. The van der Waals surface area contributed by atoms with E-state index in [9.17, 15) is 4.79 Å². The van der Waals surface area contributed by atoms with Crippen LogP contribution in [-0.4, -0.2) is 22.6 Å².